The van der Waals surface area contributed by atoms with Crippen LogP contribution >= 0.6 is 0 Å². The van der Waals surface area contributed by atoms with Crippen LogP contribution in [0.25, 0.3) is 6.08 Å². The van der Waals surface area contributed by atoms with Gasteiger partial charge in [0.25, 0.3) is 11.8 Å². The highest BCUT2D eigenvalue weighted by Crippen LogP contribution is 2.40. The van der Waals surface area contributed by atoms with Gasteiger partial charge in [0, 0.05) is 5.56 Å². The number of benzene rings is 2. The minimum absolute atomic E-state index is 0.0780. The van der Waals surface area contributed by atoms with Gasteiger partial charge in [-0.3, -0.25) is 9.59 Å². The van der Waals surface area contributed by atoms with Gasteiger partial charge < -0.3 is 4.74 Å². The van der Waals surface area contributed by atoms with E-state index in [1.807, 2.05) is 0 Å². The van der Waals surface area contributed by atoms with Gasteiger partial charge in [0.2, 0.25) is 5.82 Å². The Labute approximate surface area is 162 Å². The molecule has 1 heterocycles. The lowest BCUT2D eigenvalue weighted by molar-refractivity contribution is -0.125. The fourth-order valence-electron chi connectivity index (χ4n) is 2.98. The van der Waals surface area contributed by atoms with E-state index in [1.165, 1.54) is 12.1 Å². The number of carbonyl (C=O) groups is 2. The molecule has 0 fully saturated rings. The summed E-state index contributed by atoms with van der Waals surface area (Å²) in [5.74, 6) is -14.2. The average Bonchev–Trinajstić information content (AvgIpc) is 2.70. The minimum Gasteiger partial charge on any atom is -0.478 e. The quantitative estimate of drug-likeness (QED) is 0.317. The number of allylic oxidation sites excluding steroid dienone is 1. The Balaban J connectivity index is 2.25. The molecule has 3 rings (SSSR count). The molecule has 0 saturated carbocycles. The van der Waals surface area contributed by atoms with Crippen LogP contribution in [0.4, 0.5) is 27.6 Å². The predicted octanol–water partition coefficient (Wildman–Crippen LogP) is 4.76. The number of carbonyl (C=O) groups excluding carboxylic acids is 2. The van der Waals surface area contributed by atoms with Crippen LogP contribution in [0.5, 0.6) is 5.75 Å². The van der Waals surface area contributed by atoms with Crippen LogP contribution < -0.4 is 9.64 Å². The average molecular weight is 411 g/mol. The molecule has 2 aromatic rings. The summed E-state index contributed by atoms with van der Waals surface area (Å²) in [4.78, 5) is 26.0. The van der Waals surface area contributed by atoms with Crippen LogP contribution in [-0.2, 0) is 4.79 Å². The van der Waals surface area contributed by atoms with Crippen molar-refractivity contribution < 1.29 is 36.3 Å². The number of imide groups is 1. The number of anilines is 1. The van der Waals surface area contributed by atoms with Gasteiger partial charge in [0.1, 0.15) is 5.56 Å². The van der Waals surface area contributed by atoms with Crippen LogP contribution in [-0.4, -0.2) is 17.9 Å². The Morgan fingerprint density at radius 3 is 2.21 bits per heavy atom. The second-order valence-electron chi connectivity index (χ2n) is 6.13. The van der Waals surface area contributed by atoms with Gasteiger partial charge in [-0.2, -0.15) is 0 Å². The third kappa shape index (κ3) is 3.16. The maximum absolute atomic E-state index is 14.2. The molecule has 0 radical (unpaired) electrons. The van der Waals surface area contributed by atoms with E-state index in [1.54, 1.807) is 32.1 Å². The maximum Gasteiger partial charge on any atom is 0.275 e. The molecule has 0 aliphatic carbocycles. The van der Waals surface area contributed by atoms with Crippen LogP contribution in [0.15, 0.2) is 24.3 Å². The summed E-state index contributed by atoms with van der Waals surface area (Å²) >= 11 is 0. The Bertz CT molecular complexity index is 1020. The van der Waals surface area contributed by atoms with Gasteiger partial charge in [0.15, 0.2) is 35.1 Å². The molecular formula is C20H14F5NO3. The molecular weight excluding hydrogens is 397 g/mol. The van der Waals surface area contributed by atoms with Crippen LogP contribution in [0.2, 0.25) is 0 Å². The molecule has 1 aliphatic rings. The van der Waals surface area contributed by atoms with E-state index >= 15 is 0 Å². The monoisotopic (exact) mass is 411 g/mol. The molecule has 1 unspecified atom stereocenters. The predicted molar refractivity (Wildman–Crippen MR) is 93.9 cm³/mol. The topological polar surface area (TPSA) is 46.6 Å². The van der Waals surface area contributed by atoms with Crippen molar-refractivity contribution in [3.8, 4) is 5.75 Å². The third-order valence-electron chi connectivity index (χ3n) is 4.37. The number of para-hydroxylation sites is 1. The largest absolute Gasteiger partial charge is 0.478 e. The van der Waals surface area contributed by atoms with E-state index in [9.17, 15) is 31.5 Å². The Morgan fingerprint density at radius 2 is 1.66 bits per heavy atom. The number of fused-ring (bicyclic) bond motifs is 1. The van der Waals surface area contributed by atoms with Crippen LogP contribution in [0, 0.1) is 29.1 Å². The van der Waals surface area contributed by atoms with Crippen molar-refractivity contribution in [3.05, 3.63) is 64.5 Å². The first-order chi connectivity index (χ1) is 13.7. The number of rotatable bonds is 3. The lowest BCUT2D eigenvalue weighted by Gasteiger charge is -2.33. The molecule has 9 heteroatoms. The smallest absolute Gasteiger partial charge is 0.275 e. The molecule has 0 bridgehead atoms. The first kappa shape index (κ1) is 20.5. The highest BCUT2D eigenvalue weighted by molar-refractivity contribution is 6.24. The number of amides is 2. The zero-order valence-electron chi connectivity index (χ0n) is 15.2. The molecule has 1 atom stereocenters. The summed E-state index contributed by atoms with van der Waals surface area (Å²) in [7, 11) is 0. The second kappa shape index (κ2) is 7.65. The normalized spacial score (nSPS) is 16.2. The van der Waals surface area contributed by atoms with Crippen LogP contribution in [0.1, 0.15) is 36.2 Å². The fraction of sp³-hybridized carbons (Fsp3) is 0.200. The molecule has 1 aliphatic heterocycles. The number of ether oxygens (including phenoxy) is 1. The Hall–Kier alpha value is -3.23. The van der Waals surface area contributed by atoms with Crippen molar-refractivity contribution in [1.82, 2.24) is 0 Å². The highest BCUT2D eigenvalue weighted by atomic mass is 19.2. The maximum atomic E-state index is 14.2. The van der Waals surface area contributed by atoms with Gasteiger partial charge in [-0.1, -0.05) is 31.2 Å². The molecule has 0 saturated heterocycles. The zero-order chi connectivity index (χ0) is 21.5. The van der Waals surface area contributed by atoms with E-state index in [0.717, 1.165) is 0 Å². The van der Waals surface area contributed by atoms with Gasteiger partial charge in [-0.15, -0.1) is 0 Å². The molecule has 29 heavy (non-hydrogen) atoms. The lowest BCUT2D eigenvalue weighted by Crippen LogP contribution is -2.49. The summed E-state index contributed by atoms with van der Waals surface area (Å²) in [5, 5.41) is 0. The number of halogens is 5. The summed E-state index contributed by atoms with van der Waals surface area (Å²) < 4.78 is 74.5. The van der Waals surface area contributed by atoms with Gasteiger partial charge in [0.05, 0.1) is 5.69 Å². The molecule has 152 valence electrons. The first-order valence-corrected chi connectivity index (χ1v) is 8.56. The highest BCUT2D eigenvalue weighted by Gasteiger charge is 2.41. The van der Waals surface area contributed by atoms with Crippen LogP contribution in [0.3, 0.4) is 0 Å². The third-order valence-corrected chi connectivity index (χ3v) is 4.37. The minimum atomic E-state index is -2.40. The van der Waals surface area contributed by atoms with Crippen molar-refractivity contribution in [3.63, 3.8) is 0 Å². The lowest BCUT2D eigenvalue weighted by atomic mass is 10.0. The summed E-state index contributed by atoms with van der Waals surface area (Å²) in [6, 6.07) is 4.34. The fourth-order valence-corrected chi connectivity index (χ4v) is 2.98. The van der Waals surface area contributed by atoms with E-state index in [4.69, 9.17) is 4.74 Å². The van der Waals surface area contributed by atoms with Crippen molar-refractivity contribution in [1.29, 1.82) is 0 Å². The zero-order valence-corrected chi connectivity index (χ0v) is 15.2. The van der Waals surface area contributed by atoms with Crippen molar-refractivity contribution >= 4 is 23.6 Å². The van der Waals surface area contributed by atoms with Gasteiger partial charge in [-0.05, 0) is 19.4 Å². The SMILES string of the molecule is CC=Cc1cccc2c1OC(CC)C(=O)N2C(=O)c1c(F)c(F)c(F)c(F)c1F. The summed E-state index contributed by atoms with van der Waals surface area (Å²) in [6.45, 7) is 3.29. The summed E-state index contributed by atoms with van der Waals surface area (Å²) in [6.07, 6.45) is 2.19. The number of hydrogen-bond acceptors (Lipinski definition) is 3. The molecule has 0 aromatic heterocycles. The standard InChI is InChI=1S/C20H14F5NO3/c1-3-6-9-7-5-8-10-18(9)29-11(4-2)19(27)26(10)20(28)12-13(21)15(23)17(25)16(24)14(12)22/h3,5-8,11H,4H2,1-2H3. The molecule has 0 N–H and O–H groups in total. The molecule has 2 amide bonds. The van der Waals surface area contributed by atoms with E-state index in [-0.39, 0.29) is 17.9 Å². The van der Waals surface area contributed by atoms with Gasteiger partial charge in [-0.25, -0.2) is 26.9 Å². The van der Waals surface area contributed by atoms with Gasteiger partial charge >= 0.3 is 0 Å². The van der Waals surface area contributed by atoms with Crippen molar-refractivity contribution in [2.24, 2.45) is 0 Å². The molecule has 4 nitrogen and oxygen atoms in total. The first-order valence-electron chi connectivity index (χ1n) is 8.56. The Kier molecular flexibility index (Phi) is 5.41. The van der Waals surface area contributed by atoms with Crippen molar-refractivity contribution in [2.75, 3.05) is 4.90 Å². The molecule has 0 spiro atoms. The Morgan fingerprint density at radius 1 is 1.07 bits per heavy atom. The second-order valence-corrected chi connectivity index (χ2v) is 6.13. The number of hydrogen-bond donors (Lipinski definition) is 0. The number of nitrogens with zero attached hydrogens (tertiary/aromatic N) is 1. The van der Waals surface area contributed by atoms with E-state index < -0.39 is 52.6 Å². The van der Waals surface area contributed by atoms with E-state index in [2.05, 4.69) is 0 Å². The van der Waals surface area contributed by atoms with Crippen molar-refractivity contribution in [2.45, 2.75) is 26.4 Å². The summed E-state index contributed by atoms with van der Waals surface area (Å²) in [5.41, 5.74) is -1.41. The van der Waals surface area contributed by atoms with E-state index in [0.29, 0.717) is 10.5 Å². The molecule has 2 aromatic carbocycles.